The molecule has 7 heterocycles. The summed E-state index contributed by atoms with van der Waals surface area (Å²) in [5.74, 6) is 2.17. The minimum atomic E-state index is -0.316. The third-order valence-corrected chi connectivity index (χ3v) is 19.6. The van der Waals surface area contributed by atoms with Gasteiger partial charge in [-0.1, -0.05) is 116 Å². The molecule has 7 aromatic rings. The number of benzene rings is 1. The molecule has 584 valence electrons. The van der Waals surface area contributed by atoms with Gasteiger partial charge in [-0.05, 0) is 88.8 Å². The summed E-state index contributed by atoms with van der Waals surface area (Å²) in [4.78, 5) is 136. The summed E-state index contributed by atoms with van der Waals surface area (Å²) in [6.07, 6.45) is 34.4. The van der Waals surface area contributed by atoms with Crippen LogP contribution in [0.25, 0.3) is 33.5 Å². The van der Waals surface area contributed by atoms with E-state index in [2.05, 4.69) is 30.5 Å². The van der Waals surface area contributed by atoms with Gasteiger partial charge >= 0.3 is 17.1 Å². The fraction of sp³-hybridized carbons (Fsp3) is 0.680. The minimum absolute atomic E-state index is 0.00208. The first-order chi connectivity index (χ1) is 50.6. The van der Waals surface area contributed by atoms with Gasteiger partial charge in [-0.3, -0.25) is 56.2 Å². The molecule has 1 aliphatic rings. The van der Waals surface area contributed by atoms with Gasteiger partial charge in [0.1, 0.15) is 6.61 Å². The quantitative estimate of drug-likeness (QED) is 0.0187. The molecule has 30 heteroatoms. The van der Waals surface area contributed by atoms with Crippen LogP contribution in [0.5, 0.6) is 17.2 Å². The predicted molar refractivity (Wildman–Crippen MR) is 405 cm³/mol. The molecule has 3 N–H and O–H groups in total. The Bertz CT molecular complexity index is 4220. The standard InChI is InChI=1S/C30H45N5O6.C24H39N5O5.C21H35N5O4/c1-33-21-32-28-26(33)29(37)35(30(38)34(28)2)18-13-11-9-7-6-8-10-12-16-25(36)31-17-14-15-22-19-23(39-3)27(41-5)24(20-22)40-4;1-26-18-25-22-21(26)23(31)29(24(32)27(22)2)15-11-9-7-5-4-6-8-10-14-20(30)28-16-12-13-19(28)17-34-33-3;1-16(14-27)23-17(28)12-10-8-6-4-5-7-9-11-13-26-20(29)18-19(22-15-24(18)2)25(3)21(26)30/h19-21H,6-18H2,1-5H3,(H,31,36);18-19H,4-17H2,1-3H3;15-16,27H,4-14H2,1-3H3,(H,23,28). The molecule has 0 spiro atoms. The van der Waals surface area contributed by atoms with Crippen molar-refractivity contribution in [3.63, 3.8) is 0 Å². The fourth-order valence-electron chi connectivity index (χ4n) is 13.5. The zero-order valence-corrected chi connectivity index (χ0v) is 64.4. The van der Waals surface area contributed by atoms with E-state index in [0.29, 0.717) is 103 Å². The molecule has 105 heavy (non-hydrogen) atoms. The zero-order chi connectivity index (χ0) is 76.4. The molecular weight excluding hydrogens is 1350 g/mol. The van der Waals surface area contributed by atoms with Gasteiger partial charge in [0.25, 0.3) is 16.7 Å². The highest BCUT2D eigenvalue weighted by Crippen LogP contribution is 2.38. The van der Waals surface area contributed by atoms with Crippen LogP contribution in [0.15, 0.2) is 59.9 Å². The number of likely N-dealkylation sites (tertiary alicyclic amines) is 1. The number of aliphatic hydroxyl groups is 1. The lowest BCUT2D eigenvalue weighted by atomic mass is 10.1. The van der Waals surface area contributed by atoms with Crippen LogP contribution < -0.4 is 58.6 Å². The number of nitrogens with zero attached hydrogens (tertiary/aromatic N) is 13. The number of unbranched alkanes of at least 4 members (excludes halogenated alkanes) is 21. The molecule has 1 aliphatic heterocycles. The molecule has 6 aromatic heterocycles. The van der Waals surface area contributed by atoms with Gasteiger partial charge in [0.2, 0.25) is 23.5 Å². The smallest absolute Gasteiger partial charge is 0.332 e. The number of ether oxygens (including phenoxy) is 3. The number of hydrogen-bond acceptors (Lipinski definition) is 18. The number of amides is 3. The molecule has 1 saturated heterocycles. The van der Waals surface area contributed by atoms with Gasteiger partial charge in [-0.25, -0.2) is 39.1 Å². The first kappa shape index (κ1) is 85.3. The largest absolute Gasteiger partial charge is 0.493 e. The van der Waals surface area contributed by atoms with Crippen LogP contribution in [0.3, 0.4) is 0 Å². The molecule has 0 bridgehead atoms. The lowest BCUT2D eigenvalue weighted by molar-refractivity contribution is -0.278. The van der Waals surface area contributed by atoms with E-state index in [-0.39, 0.29) is 70.2 Å². The zero-order valence-electron chi connectivity index (χ0n) is 64.4. The van der Waals surface area contributed by atoms with Crippen molar-refractivity contribution in [2.45, 2.75) is 238 Å². The highest BCUT2D eigenvalue weighted by atomic mass is 17.2. The number of nitrogens with one attached hydrogen (secondary N) is 2. The van der Waals surface area contributed by atoms with Crippen LogP contribution in [0.1, 0.15) is 205 Å². The topological polar surface area (TPSA) is 330 Å². The molecule has 0 saturated carbocycles. The fourth-order valence-corrected chi connectivity index (χ4v) is 13.5. The van der Waals surface area contributed by atoms with Crippen molar-refractivity contribution in [1.29, 1.82) is 0 Å². The number of aliphatic hydroxyl groups excluding tert-OH is 1. The number of hydrogen-bond donors (Lipinski definition) is 3. The lowest BCUT2D eigenvalue weighted by Gasteiger charge is -2.24. The Morgan fingerprint density at radius 1 is 0.505 bits per heavy atom. The number of fused-ring (bicyclic) bond motifs is 3. The Morgan fingerprint density at radius 2 is 0.876 bits per heavy atom. The third-order valence-electron chi connectivity index (χ3n) is 19.6. The maximum Gasteiger partial charge on any atom is 0.332 e. The van der Waals surface area contributed by atoms with E-state index in [4.69, 9.17) is 24.2 Å². The lowest BCUT2D eigenvalue weighted by Crippen LogP contribution is -2.39. The third kappa shape index (κ3) is 25.0. The molecule has 3 amide bonds. The van der Waals surface area contributed by atoms with Crippen LogP contribution in [0.4, 0.5) is 0 Å². The van der Waals surface area contributed by atoms with Gasteiger partial charge in [0, 0.05) is 100 Å². The predicted octanol–water partition coefficient (Wildman–Crippen LogP) is 7.67. The SMILES string of the molecule is CC(CO)NC(=O)CCCCCCCCCCn1c(=O)c2c(ncn2C)n(C)c1=O.COOCC1CCCN1C(=O)CCCCCCCCCCn1c(=O)c2c(ncn2C)n(C)c1=O.COc1cc(CCCNC(=O)CCCCCCCCCCn2c(=O)c3c(ncn3C)n(C)c2=O)cc(OC)c1OC. The summed E-state index contributed by atoms with van der Waals surface area (Å²) in [7, 11) is 16.5. The summed E-state index contributed by atoms with van der Waals surface area (Å²) >= 11 is 0. The van der Waals surface area contributed by atoms with Crippen molar-refractivity contribution >= 4 is 51.2 Å². The molecule has 1 aromatic carbocycles. The number of aryl methyl sites for hydroxylation is 7. The molecule has 8 rings (SSSR count). The second-order valence-corrected chi connectivity index (χ2v) is 27.7. The van der Waals surface area contributed by atoms with Crippen molar-refractivity contribution in [3.8, 4) is 17.2 Å². The van der Waals surface area contributed by atoms with Crippen LogP contribution in [0.2, 0.25) is 0 Å². The number of aromatic nitrogens is 12. The van der Waals surface area contributed by atoms with E-state index in [1.807, 2.05) is 17.0 Å². The molecule has 0 radical (unpaired) electrons. The van der Waals surface area contributed by atoms with E-state index in [0.717, 1.165) is 192 Å². The first-order valence-corrected chi connectivity index (χ1v) is 37.9. The first-order valence-electron chi connectivity index (χ1n) is 37.9. The Labute approximate surface area is 614 Å². The maximum absolute atomic E-state index is 12.7. The van der Waals surface area contributed by atoms with Crippen molar-refractivity contribution in [1.82, 2.24) is 71.6 Å². The van der Waals surface area contributed by atoms with Crippen LogP contribution in [0, 0.1) is 0 Å². The average molecular weight is 1470 g/mol. The van der Waals surface area contributed by atoms with E-state index >= 15 is 0 Å². The summed E-state index contributed by atoms with van der Waals surface area (Å²) < 4.78 is 29.4. The number of methoxy groups -OCH3 is 3. The minimum Gasteiger partial charge on any atom is -0.493 e. The Kier molecular flexibility index (Phi) is 36.6. The van der Waals surface area contributed by atoms with Crippen molar-refractivity contribution in [2.24, 2.45) is 42.3 Å². The van der Waals surface area contributed by atoms with Crippen molar-refractivity contribution in [3.05, 3.63) is 99.2 Å². The number of carbonyl (C=O) groups is 3. The van der Waals surface area contributed by atoms with E-state index in [1.54, 1.807) is 103 Å². The van der Waals surface area contributed by atoms with Gasteiger partial charge in [-0.2, -0.15) is 0 Å². The van der Waals surface area contributed by atoms with Crippen molar-refractivity contribution < 1.29 is 43.5 Å². The Hall–Kier alpha value is -8.64. The second kappa shape index (κ2) is 45.0. The molecule has 1 fully saturated rings. The van der Waals surface area contributed by atoms with Crippen LogP contribution in [-0.4, -0.2) is 151 Å². The van der Waals surface area contributed by atoms with Crippen LogP contribution >= 0.6 is 0 Å². The highest BCUT2D eigenvalue weighted by Gasteiger charge is 2.29. The van der Waals surface area contributed by atoms with E-state index < -0.39 is 0 Å². The Balaban J connectivity index is 0.000000250. The molecular formula is C75H119N15O15. The summed E-state index contributed by atoms with van der Waals surface area (Å²) in [5, 5.41) is 14.7. The Morgan fingerprint density at radius 3 is 1.25 bits per heavy atom. The molecule has 2 atom stereocenters. The van der Waals surface area contributed by atoms with Crippen molar-refractivity contribution in [2.75, 3.05) is 54.7 Å². The summed E-state index contributed by atoms with van der Waals surface area (Å²) in [6.45, 7) is 4.92. The normalized spacial score (nSPS) is 13.1. The average Bonchev–Trinajstić information content (AvgIpc) is 1.69. The molecule has 2 unspecified atom stereocenters. The van der Waals surface area contributed by atoms with Gasteiger partial charge in [0.15, 0.2) is 45.0 Å². The summed E-state index contributed by atoms with van der Waals surface area (Å²) in [6, 6.07) is 3.85. The maximum atomic E-state index is 12.7. The van der Waals surface area contributed by atoms with E-state index in [9.17, 15) is 43.2 Å². The van der Waals surface area contributed by atoms with Crippen LogP contribution in [-0.2, 0) is 92.5 Å². The van der Waals surface area contributed by atoms with E-state index in [1.165, 1.54) is 34.5 Å². The molecule has 30 nitrogen and oxygen atoms in total. The number of imidazole rings is 3. The number of carbonyl (C=O) groups excluding carboxylic acids is 3. The highest BCUT2D eigenvalue weighted by molar-refractivity contribution is 5.77. The molecule has 0 aliphatic carbocycles. The van der Waals surface area contributed by atoms with Gasteiger partial charge < -0.3 is 48.6 Å². The van der Waals surface area contributed by atoms with Gasteiger partial charge in [0.05, 0.1) is 60.1 Å². The number of rotatable bonds is 45. The second-order valence-electron chi connectivity index (χ2n) is 27.7. The monoisotopic (exact) mass is 1470 g/mol. The summed E-state index contributed by atoms with van der Waals surface area (Å²) in [5.41, 5.74) is 1.96. The van der Waals surface area contributed by atoms with Gasteiger partial charge in [-0.15, -0.1) is 0 Å².